The van der Waals surface area contributed by atoms with Gasteiger partial charge < -0.3 is 15.4 Å². The quantitative estimate of drug-likeness (QED) is 0.337. The molecular formula is C23H25N3O4S2. The normalized spacial score (nSPS) is 13.0. The molecule has 0 saturated heterocycles. The van der Waals surface area contributed by atoms with Gasteiger partial charge in [-0.1, -0.05) is 30.3 Å². The highest BCUT2D eigenvalue weighted by Gasteiger charge is 2.27. The predicted molar refractivity (Wildman–Crippen MR) is 130 cm³/mol. The Morgan fingerprint density at radius 1 is 1.12 bits per heavy atom. The molecule has 1 heterocycles. The molecule has 0 radical (unpaired) electrons. The fourth-order valence-corrected chi connectivity index (χ4v) is 4.98. The first-order chi connectivity index (χ1) is 15.4. The minimum Gasteiger partial charge on any atom is -0.462 e. The van der Waals surface area contributed by atoms with E-state index in [1.165, 1.54) is 18.3 Å². The van der Waals surface area contributed by atoms with Crippen LogP contribution >= 0.6 is 23.6 Å². The van der Waals surface area contributed by atoms with Gasteiger partial charge in [0.2, 0.25) is 5.91 Å². The van der Waals surface area contributed by atoms with Crippen molar-refractivity contribution >= 4 is 57.5 Å². The second-order valence-corrected chi connectivity index (χ2v) is 8.71. The van der Waals surface area contributed by atoms with E-state index in [0.29, 0.717) is 10.6 Å². The molecule has 9 heteroatoms. The number of hydrogen-bond donors (Lipinski definition) is 3. The highest BCUT2D eigenvalue weighted by atomic mass is 32.1. The van der Waals surface area contributed by atoms with Crippen molar-refractivity contribution in [1.29, 1.82) is 0 Å². The molecular weight excluding hydrogens is 446 g/mol. The summed E-state index contributed by atoms with van der Waals surface area (Å²) in [6.45, 7) is 3.36. The minimum atomic E-state index is -0.569. The predicted octanol–water partition coefficient (Wildman–Crippen LogP) is 3.79. The Kier molecular flexibility index (Phi) is 8.13. The highest BCUT2D eigenvalue weighted by molar-refractivity contribution is 7.80. The number of anilines is 1. The number of rotatable bonds is 6. The van der Waals surface area contributed by atoms with Crippen LogP contribution in [0.15, 0.2) is 36.0 Å². The van der Waals surface area contributed by atoms with Gasteiger partial charge in [0, 0.05) is 11.8 Å². The minimum absolute atomic E-state index is 0.0310. The molecule has 7 nitrogen and oxygen atoms in total. The molecule has 0 spiro atoms. The van der Waals surface area contributed by atoms with E-state index in [9.17, 15) is 14.4 Å². The number of nitrogens with one attached hydrogen (secondary N) is 3. The SMILES string of the molecule is CCOC(=O)c1c(NC(=S)NC(=O)C(=Cc2ccccc2)NC(C)=O)sc2c1CCCC2. The Balaban J connectivity index is 1.79. The van der Waals surface area contributed by atoms with Crippen molar-refractivity contribution in [2.24, 2.45) is 0 Å². The monoisotopic (exact) mass is 471 g/mol. The maximum atomic E-state index is 12.8. The molecule has 0 saturated carbocycles. The Morgan fingerprint density at radius 2 is 1.84 bits per heavy atom. The van der Waals surface area contributed by atoms with Crippen LogP contribution in [0.25, 0.3) is 6.08 Å². The molecule has 1 aliphatic carbocycles. The van der Waals surface area contributed by atoms with Crippen LogP contribution in [0.4, 0.5) is 5.00 Å². The van der Waals surface area contributed by atoms with Crippen LogP contribution in [0.5, 0.6) is 0 Å². The van der Waals surface area contributed by atoms with Gasteiger partial charge in [-0.15, -0.1) is 11.3 Å². The van der Waals surface area contributed by atoms with Gasteiger partial charge in [-0.2, -0.15) is 0 Å². The molecule has 0 aliphatic heterocycles. The van der Waals surface area contributed by atoms with Crippen molar-refractivity contribution < 1.29 is 19.1 Å². The lowest BCUT2D eigenvalue weighted by molar-refractivity contribution is -0.121. The summed E-state index contributed by atoms with van der Waals surface area (Å²) < 4.78 is 5.24. The third-order valence-corrected chi connectivity index (χ3v) is 6.18. The topological polar surface area (TPSA) is 96.5 Å². The zero-order valence-electron chi connectivity index (χ0n) is 17.9. The number of carbonyl (C=O) groups excluding carboxylic acids is 3. The summed E-state index contributed by atoms with van der Waals surface area (Å²) in [5.74, 6) is -1.34. The van der Waals surface area contributed by atoms with Gasteiger partial charge in [0.05, 0.1) is 12.2 Å². The zero-order valence-corrected chi connectivity index (χ0v) is 19.6. The molecule has 0 atom stereocenters. The zero-order chi connectivity index (χ0) is 23.1. The molecule has 3 rings (SSSR count). The van der Waals surface area contributed by atoms with Gasteiger partial charge in [-0.3, -0.25) is 14.9 Å². The summed E-state index contributed by atoms with van der Waals surface area (Å²) in [6.07, 6.45) is 5.36. The van der Waals surface area contributed by atoms with Gasteiger partial charge >= 0.3 is 5.97 Å². The lowest BCUT2D eigenvalue weighted by atomic mass is 9.95. The molecule has 1 aromatic carbocycles. The van der Waals surface area contributed by atoms with Crippen molar-refractivity contribution in [3.05, 3.63) is 57.6 Å². The van der Waals surface area contributed by atoms with Gasteiger partial charge in [0.1, 0.15) is 10.7 Å². The summed E-state index contributed by atoms with van der Waals surface area (Å²) >= 11 is 6.79. The highest BCUT2D eigenvalue weighted by Crippen LogP contribution is 2.38. The van der Waals surface area contributed by atoms with Crippen LogP contribution in [0.3, 0.4) is 0 Å². The molecule has 1 aromatic heterocycles. The van der Waals surface area contributed by atoms with Gasteiger partial charge in [-0.25, -0.2) is 4.79 Å². The van der Waals surface area contributed by atoms with E-state index < -0.39 is 11.9 Å². The van der Waals surface area contributed by atoms with E-state index in [-0.39, 0.29) is 23.3 Å². The number of esters is 1. The van der Waals surface area contributed by atoms with Gasteiger partial charge in [-0.05, 0) is 62.0 Å². The smallest absolute Gasteiger partial charge is 0.341 e. The molecule has 0 unspecified atom stereocenters. The Hall–Kier alpha value is -3.04. The molecule has 32 heavy (non-hydrogen) atoms. The molecule has 0 bridgehead atoms. The molecule has 168 valence electrons. The lowest BCUT2D eigenvalue weighted by Crippen LogP contribution is -2.39. The molecule has 3 N–H and O–H groups in total. The van der Waals surface area contributed by atoms with E-state index in [2.05, 4.69) is 16.0 Å². The van der Waals surface area contributed by atoms with Crippen molar-refractivity contribution in [2.45, 2.75) is 39.5 Å². The third-order valence-electron chi connectivity index (χ3n) is 4.77. The molecule has 2 amide bonds. The first kappa shape index (κ1) is 23.6. The van der Waals surface area contributed by atoms with E-state index >= 15 is 0 Å². The first-order valence-corrected chi connectivity index (χ1v) is 11.6. The average molecular weight is 472 g/mol. The Labute approximate surface area is 196 Å². The van der Waals surface area contributed by atoms with E-state index in [0.717, 1.165) is 41.7 Å². The fraction of sp³-hybridized carbons (Fsp3) is 0.304. The number of benzene rings is 1. The number of fused-ring (bicyclic) bond motifs is 1. The number of ether oxygens (including phenoxy) is 1. The molecule has 0 fully saturated rings. The van der Waals surface area contributed by atoms with Crippen LogP contribution in [-0.2, 0) is 27.2 Å². The van der Waals surface area contributed by atoms with Gasteiger partial charge in [0.25, 0.3) is 5.91 Å². The van der Waals surface area contributed by atoms with Gasteiger partial charge in [0.15, 0.2) is 5.11 Å². The summed E-state index contributed by atoms with van der Waals surface area (Å²) in [4.78, 5) is 38.1. The fourth-order valence-electron chi connectivity index (χ4n) is 3.44. The Bertz CT molecular complexity index is 1060. The second-order valence-electron chi connectivity index (χ2n) is 7.19. The largest absolute Gasteiger partial charge is 0.462 e. The van der Waals surface area contributed by atoms with Crippen LogP contribution in [-0.4, -0.2) is 29.5 Å². The maximum absolute atomic E-state index is 12.8. The van der Waals surface area contributed by atoms with Crippen LogP contribution in [0.2, 0.25) is 0 Å². The van der Waals surface area contributed by atoms with Crippen molar-refractivity contribution in [3.8, 4) is 0 Å². The number of hydrogen-bond acceptors (Lipinski definition) is 6. The number of thiocarbonyl (C=S) groups is 1. The Morgan fingerprint density at radius 3 is 2.53 bits per heavy atom. The second kappa shape index (κ2) is 11.0. The summed E-state index contributed by atoms with van der Waals surface area (Å²) in [5, 5.41) is 8.70. The average Bonchev–Trinajstić information content (AvgIpc) is 3.11. The van der Waals surface area contributed by atoms with E-state index in [4.69, 9.17) is 17.0 Å². The van der Waals surface area contributed by atoms with Crippen LogP contribution in [0.1, 0.15) is 53.1 Å². The van der Waals surface area contributed by atoms with Crippen molar-refractivity contribution in [1.82, 2.24) is 10.6 Å². The number of thiophene rings is 1. The molecule has 2 aromatic rings. The van der Waals surface area contributed by atoms with Crippen LogP contribution < -0.4 is 16.0 Å². The van der Waals surface area contributed by atoms with E-state index in [1.54, 1.807) is 13.0 Å². The summed E-state index contributed by atoms with van der Waals surface area (Å²) in [7, 11) is 0. The molecule has 1 aliphatic rings. The summed E-state index contributed by atoms with van der Waals surface area (Å²) in [6, 6.07) is 9.14. The lowest BCUT2D eigenvalue weighted by Gasteiger charge is -2.13. The number of aryl methyl sites for hydroxylation is 1. The third kappa shape index (κ3) is 6.02. The number of amides is 2. The van der Waals surface area contributed by atoms with E-state index in [1.807, 2.05) is 30.3 Å². The maximum Gasteiger partial charge on any atom is 0.341 e. The number of carbonyl (C=O) groups is 3. The standard InChI is InChI=1S/C23H25N3O4S2/c1-3-30-22(29)19-16-11-7-8-12-18(16)32-21(19)26-23(31)25-20(28)17(24-14(2)27)13-15-9-5-4-6-10-15/h4-6,9-10,13H,3,7-8,11-12H2,1-2H3,(H,24,27)(H2,25,26,28,31). The van der Waals surface area contributed by atoms with Crippen LogP contribution in [0, 0.1) is 0 Å². The van der Waals surface area contributed by atoms with Crippen molar-refractivity contribution in [3.63, 3.8) is 0 Å². The van der Waals surface area contributed by atoms with Crippen molar-refractivity contribution in [2.75, 3.05) is 11.9 Å². The summed E-state index contributed by atoms with van der Waals surface area (Å²) in [5.41, 5.74) is 2.30. The first-order valence-electron chi connectivity index (χ1n) is 10.4.